The van der Waals surface area contributed by atoms with Gasteiger partial charge >= 0.3 is 0 Å². The van der Waals surface area contributed by atoms with Crippen LogP contribution in [-0.2, 0) is 14.8 Å². The Kier molecular flexibility index (Phi) is 4.81. The van der Waals surface area contributed by atoms with Crippen LogP contribution in [0.5, 0.6) is 17.2 Å². The minimum absolute atomic E-state index is 0.0399. The van der Waals surface area contributed by atoms with E-state index in [1.54, 1.807) is 24.3 Å². The Labute approximate surface area is 150 Å². The number of ketones is 1. The first-order chi connectivity index (χ1) is 12.4. The van der Waals surface area contributed by atoms with Gasteiger partial charge in [0.15, 0.2) is 11.5 Å². The number of Topliss-reactive ketones (excluding diaryl/α,β-unsaturated/α-hetero) is 1. The van der Waals surface area contributed by atoms with E-state index in [0.717, 1.165) is 6.26 Å². The minimum atomic E-state index is -3.58. The zero-order chi connectivity index (χ0) is 18.7. The van der Waals surface area contributed by atoms with Crippen LogP contribution in [0.2, 0.25) is 0 Å². The van der Waals surface area contributed by atoms with E-state index in [2.05, 4.69) is 10.0 Å². The van der Waals surface area contributed by atoms with E-state index in [1.165, 1.54) is 12.1 Å². The van der Waals surface area contributed by atoms with Gasteiger partial charge in [0, 0.05) is 6.07 Å². The number of carbonyl (C=O) groups is 2. The zero-order valence-corrected chi connectivity index (χ0v) is 14.6. The van der Waals surface area contributed by atoms with E-state index in [-0.39, 0.29) is 35.1 Å². The molecule has 0 bridgehead atoms. The number of nitrogens with one attached hydrogen (secondary N) is 2. The van der Waals surface area contributed by atoms with Crippen LogP contribution >= 0.6 is 0 Å². The molecule has 2 aromatic rings. The summed E-state index contributed by atoms with van der Waals surface area (Å²) in [5.74, 6) is 0.479. The van der Waals surface area contributed by atoms with Gasteiger partial charge < -0.3 is 14.8 Å². The normalized spacial score (nSPS) is 16.2. The first-order valence-electron chi connectivity index (χ1n) is 7.63. The topological polar surface area (TPSA) is 111 Å². The van der Waals surface area contributed by atoms with Crippen LogP contribution in [0.3, 0.4) is 0 Å². The molecule has 2 N–H and O–H groups in total. The summed E-state index contributed by atoms with van der Waals surface area (Å²) >= 11 is 0. The summed E-state index contributed by atoms with van der Waals surface area (Å²) in [4.78, 5) is 23.1. The number of hydrogen-bond donors (Lipinski definition) is 2. The standard InChI is InChI=1S/C17H16N2O6S/c1-26(22,23)19-13-8-15-12(17(21)14(9-24-15)18-10-20)7-16(13)25-11-5-3-2-4-6-11/h2-8,10,14,19H,9H2,1H3,(H,18,20). The molecule has 3 rings (SSSR count). The van der Waals surface area contributed by atoms with Gasteiger partial charge in [-0.3, -0.25) is 14.3 Å². The number of fused-ring (bicyclic) bond motifs is 1. The van der Waals surface area contributed by atoms with Crippen molar-refractivity contribution < 1.29 is 27.5 Å². The summed E-state index contributed by atoms with van der Waals surface area (Å²) < 4.78 is 36.9. The molecule has 1 unspecified atom stereocenters. The fourth-order valence-electron chi connectivity index (χ4n) is 2.49. The maximum Gasteiger partial charge on any atom is 0.229 e. The van der Waals surface area contributed by atoms with Crippen LogP contribution < -0.4 is 19.5 Å². The van der Waals surface area contributed by atoms with Crippen molar-refractivity contribution in [2.45, 2.75) is 6.04 Å². The summed E-state index contributed by atoms with van der Waals surface area (Å²) in [5, 5.41) is 2.39. The number of sulfonamides is 1. The average molecular weight is 376 g/mol. The summed E-state index contributed by atoms with van der Waals surface area (Å²) in [6, 6.07) is 10.7. The van der Waals surface area contributed by atoms with Crippen LogP contribution in [-0.4, -0.2) is 39.5 Å². The highest BCUT2D eigenvalue weighted by molar-refractivity contribution is 7.92. The lowest BCUT2D eigenvalue weighted by Crippen LogP contribution is -2.43. The molecule has 0 saturated heterocycles. The van der Waals surface area contributed by atoms with Crippen molar-refractivity contribution in [3.05, 3.63) is 48.0 Å². The van der Waals surface area contributed by atoms with Crippen LogP contribution in [0.1, 0.15) is 10.4 Å². The van der Waals surface area contributed by atoms with Crippen LogP contribution in [0, 0.1) is 0 Å². The van der Waals surface area contributed by atoms with E-state index in [1.807, 2.05) is 6.07 Å². The second kappa shape index (κ2) is 7.04. The van der Waals surface area contributed by atoms with E-state index in [9.17, 15) is 18.0 Å². The highest BCUT2D eigenvalue weighted by Gasteiger charge is 2.30. The highest BCUT2D eigenvalue weighted by atomic mass is 32.2. The van der Waals surface area contributed by atoms with Gasteiger partial charge in [-0.15, -0.1) is 0 Å². The van der Waals surface area contributed by atoms with Gasteiger partial charge in [0.2, 0.25) is 16.4 Å². The van der Waals surface area contributed by atoms with Gasteiger partial charge in [0.1, 0.15) is 24.1 Å². The quantitative estimate of drug-likeness (QED) is 0.740. The number of carbonyl (C=O) groups excluding carboxylic acids is 2. The monoisotopic (exact) mass is 376 g/mol. The Morgan fingerprint density at radius 2 is 1.96 bits per heavy atom. The van der Waals surface area contributed by atoms with Gasteiger partial charge in [-0.2, -0.15) is 0 Å². The summed E-state index contributed by atoms with van der Waals surface area (Å²) in [7, 11) is -3.58. The Balaban J connectivity index is 2.05. The van der Waals surface area contributed by atoms with Crippen molar-refractivity contribution in [3.63, 3.8) is 0 Å². The lowest BCUT2D eigenvalue weighted by atomic mass is 10.00. The number of anilines is 1. The molecule has 2 aromatic carbocycles. The molecule has 1 amide bonds. The van der Waals surface area contributed by atoms with Crippen molar-refractivity contribution in [1.82, 2.24) is 5.32 Å². The molecule has 0 aromatic heterocycles. The third-order valence-electron chi connectivity index (χ3n) is 3.60. The third-order valence-corrected chi connectivity index (χ3v) is 4.20. The van der Waals surface area contributed by atoms with E-state index in [4.69, 9.17) is 9.47 Å². The largest absolute Gasteiger partial charge is 0.490 e. The second-order valence-electron chi connectivity index (χ2n) is 5.65. The van der Waals surface area contributed by atoms with Crippen molar-refractivity contribution in [1.29, 1.82) is 0 Å². The lowest BCUT2D eigenvalue weighted by Gasteiger charge is -2.25. The maximum absolute atomic E-state index is 12.5. The molecule has 1 atom stereocenters. The first-order valence-corrected chi connectivity index (χ1v) is 9.52. The number of amides is 1. The molecule has 8 nitrogen and oxygen atoms in total. The SMILES string of the molecule is CS(=O)(=O)Nc1cc2c(cc1Oc1ccccc1)C(=O)C(NC=O)CO2. The van der Waals surface area contributed by atoms with Crippen molar-refractivity contribution in [2.75, 3.05) is 17.6 Å². The van der Waals surface area contributed by atoms with E-state index < -0.39 is 16.1 Å². The van der Waals surface area contributed by atoms with Gasteiger partial charge in [0.05, 0.1) is 17.5 Å². The summed E-state index contributed by atoms with van der Waals surface area (Å²) in [6.07, 6.45) is 1.44. The highest BCUT2D eigenvalue weighted by Crippen LogP contribution is 2.38. The van der Waals surface area contributed by atoms with Crippen molar-refractivity contribution in [2.24, 2.45) is 0 Å². The molecule has 0 fully saturated rings. The van der Waals surface area contributed by atoms with Crippen molar-refractivity contribution >= 4 is 27.9 Å². The molecule has 9 heteroatoms. The van der Waals surface area contributed by atoms with Crippen LogP contribution in [0.15, 0.2) is 42.5 Å². The predicted molar refractivity (Wildman–Crippen MR) is 94.2 cm³/mol. The number of benzene rings is 2. The molecule has 0 saturated carbocycles. The Bertz CT molecular complexity index is 943. The Hall–Kier alpha value is -3.07. The molecule has 1 heterocycles. The molecule has 1 aliphatic heterocycles. The Morgan fingerprint density at radius 3 is 2.62 bits per heavy atom. The van der Waals surface area contributed by atoms with Gasteiger partial charge in [-0.1, -0.05) is 18.2 Å². The summed E-state index contributed by atoms with van der Waals surface area (Å²) in [5.41, 5.74) is 0.338. The molecule has 1 aliphatic rings. The second-order valence-corrected chi connectivity index (χ2v) is 7.39. The van der Waals surface area contributed by atoms with E-state index in [0.29, 0.717) is 12.2 Å². The third kappa shape index (κ3) is 3.94. The smallest absolute Gasteiger partial charge is 0.229 e. The number of hydrogen-bond acceptors (Lipinski definition) is 6. The fourth-order valence-corrected chi connectivity index (χ4v) is 3.05. The molecule has 136 valence electrons. The summed E-state index contributed by atoms with van der Waals surface area (Å²) in [6.45, 7) is -0.0399. The van der Waals surface area contributed by atoms with Gasteiger partial charge in [-0.25, -0.2) is 8.42 Å². The van der Waals surface area contributed by atoms with Gasteiger partial charge in [-0.05, 0) is 18.2 Å². The molecular weight excluding hydrogens is 360 g/mol. The average Bonchev–Trinajstić information content (AvgIpc) is 2.58. The number of ether oxygens (including phenoxy) is 2. The number of rotatable bonds is 6. The molecule has 0 spiro atoms. The lowest BCUT2D eigenvalue weighted by molar-refractivity contribution is -0.110. The maximum atomic E-state index is 12.5. The van der Waals surface area contributed by atoms with Crippen molar-refractivity contribution in [3.8, 4) is 17.2 Å². The van der Waals surface area contributed by atoms with Crippen LogP contribution in [0.4, 0.5) is 5.69 Å². The first kappa shape index (κ1) is 17.7. The fraction of sp³-hybridized carbons (Fsp3) is 0.176. The predicted octanol–water partition coefficient (Wildman–Crippen LogP) is 1.54. The molecular formula is C17H16N2O6S. The molecule has 0 radical (unpaired) electrons. The van der Waals surface area contributed by atoms with Crippen LogP contribution in [0.25, 0.3) is 0 Å². The number of para-hydroxylation sites is 1. The molecule has 26 heavy (non-hydrogen) atoms. The van der Waals surface area contributed by atoms with E-state index >= 15 is 0 Å². The van der Waals surface area contributed by atoms with Gasteiger partial charge in [0.25, 0.3) is 0 Å². The minimum Gasteiger partial charge on any atom is -0.490 e. The zero-order valence-electron chi connectivity index (χ0n) is 13.8. The molecule has 0 aliphatic carbocycles. The Morgan fingerprint density at radius 1 is 1.23 bits per heavy atom.